The van der Waals surface area contributed by atoms with Crippen LogP contribution in [0.5, 0.6) is 5.88 Å². The van der Waals surface area contributed by atoms with Gasteiger partial charge in [-0.3, -0.25) is 4.79 Å². The number of pyridine rings is 1. The van der Waals surface area contributed by atoms with E-state index < -0.39 is 18.7 Å². The SMILES string of the molecule is O=C(Nc1ccc(OCC(F)(F)F)nc1)C1CCCN(C(=O)Nc2ccccc2)C1. The number of ether oxygens (including phenoxy) is 1. The monoisotopic (exact) mass is 422 g/mol. The van der Waals surface area contributed by atoms with Gasteiger partial charge in [-0.2, -0.15) is 13.2 Å². The third-order valence-electron chi connectivity index (χ3n) is 4.49. The maximum atomic E-state index is 12.6. The van der Waals surface area contributed by atoms with Crippen LogP contribution in [-0.2, 0) is 4.79 Å². The van der Waals surface area contributed by atoms with Crippen molar-refractivity contribution in [3.05, 3.63) is 48.7 Å². The molecule has 1 unspecified atom stereocenters. The number of likely N-dealkylation sites (tertiary alicyclic amines) is 1. The number of carbonyl (C=O) groups excluding carboxylic acids is 2. The minimum absolute atomic E-state index is 0.188. The number of alkyl halides is 3. The minimum Gasteiger partial charge on any atom is -0.468 e. The molecule has 0 aliphatic carbocycles. The van der Waals surface area contributed by atoms with E-state index in [1.807, 2.05) is 18.2 Å². The molecule has 1 fully saturated rings. The lowest BCUT2D eigenvalue weighted by molar-refractivity contribution is -0.154. The van der Waals surface area contributed by atoms with Gasteiger partial charge in [-0.15, -0.1) is 0 Å². The first-order valence-corrected chi connectivity index (χ1v) is 9.37. The third-order valence-corrected chi connectivity index (χ3v) is 4.49. The molecule has 2 N–H and O–H groups in total. The number of carbonyl (C=O) groups is 2. The lowest BCUT2D eigenvalue weighted by atomic mass is 9.97. The van der Waals surface area contributed by atoms with Crippen molar-refractivity contribution in [3.63, 3.8) is 0 Å². The molecule has 2 heterocycles. The number of nitrogens with one attached hydrogen (secondary N) is 2. The van der Waals surface area contributed by atoms with E-state index in [9.17, 15) is 22.8 Å². The van der Waals surface area contributed by atoms with Crippen LogP contribution in [0.15, 0.2) is 48.7 Å². The van der Waals surface area contributed by atoms with E-state index >= 15 is 0 Å². The molecule has 0 bridgehead atoms. The Morgan fingerprint density at radius 3 is 2.53 bits per heavy atom. The fourth-order valence-electron chi connectivity index (χ4n) is 3.04. The van der Waals surface area contributed by atoms with Gasteiger partial charge in [0.15, 0.2) is 6.61 Å². The highest BCUT2D eigenvalue weighted by molar-refractivity contribution is 5.94. The van der Waals surface area contributed by atoms with Crippen molar-refractivity contribution in [2.75, 3.05) is 30.3 Å². The van der Waals surface area contributed by atoms with E-state index in [0.717, 1.165) is 0 Å². The number of nitrogens with zero attached hydrogens (tertiary/aromatic N) is 2. The number of hydrogen-bond acceptors (Lipinski definition) is 4. The summed E-state index contributed by atoms with van der Waals surface area (Å²) in [7, 11) is 0. The molecule has 0 spiro atoms. The molecule has 1 aromatic heterocycles. The van der Waals surface area contributed by atoms with E-state index in [1.54, 1.807) is 17.0 Å². The van der Waals surface area contributed by atoms with Gasteiger partial charge in [-0.1, -0.05) is 18.2 Å². The van der Waals surface area contributed by atoms with E-state index in [4.69, 9.17) is 0 Å². The largest absolute Gasteiger partial charge is 0.468 e. The standard InChI is InChI=1S/C20H21F3N4O3/c21-20(22,23)13-30-17-9-8-16(11-24-17)25-18(28)14-5-4-10-27(12-14)19(29)26-15-6-2-1-3-7-15/h1-3,6-9,11,14H,4-5,10,12-13H2,(H,25,28)(H,26,29). The van der Waals surface area contributed by atoms with Gasteiger partial charge < -0.3 is 20.3 Å². The lowest BCUT2D eigenvalue weighted by Crippen LogP contribution is -2.45. The highest BCUT2D eigenvalue weighted by Crippen LogP contribution is 2.21. The Kier molecular flexibility index (Phi) is 6.76. The van der Waals surface area contributed by atoms with Crippen molar-refractivity contribution in [2.24, 2.45) is 5.92 Å². The van der Waals surface area contributed by atoms with Crippen molar-refractivity contribution in [1.82, 2.24) is 9.88 Å². The molecule has 1 saturated heterocycles. The number of amides is 3. The number of piperidine rings is 1. The smallest absolute Gasteiger partial charge is 0.422 e. The molecule has 2 aromatic rings. The minimum atomic E-state index is -4.45. The number of para-hydroxylation sites is 1. The second-order valence-electron chi connectivity index (χ2n) is 6.86. The Hall–Kier alpha value is -3.30. The number of benzene rings is 1. The Labute approximate surface area is 171 Å². The highest BCUT2D eigenvalue weighted by Gasteiger charge is 2.29. The summed E-state index contributed by atoms with van der Waals surface area (Å²) in [6, 6.07) is 11.4. The molecule has 3 amide bonds. The van der Waals surface area contributed by atoms with Gasteiger partial charge in [-0.25, -0.2) is 9.78 Å². The van der Waals surface area contributed by atoms with Crippen LogP contribution in [-0.4, -0.2) is 47.7 Å². The molecule has 1 aliphatic heterocycles. The summed E-state index contributed by atoms with van der Waals surface area (Å²) in [5.41, 5.74) is 1.01. The maximum absolute atomic E-state index is 12.6. The van der Waals surface area contributed by atoms with Gasteiger partial charge in [-0.05, 0) is 31.0 Å². The van der Waals surface area contributed by atoms with Gasteiger partial charge in [0.1, 0.15) is 0 Å². The Bertz CT molecular complexity index is 860. The van der Waals surface area contributed by atoms with Gasteiger partial charge in [0.25, 0.3) is 0 Å². The molecular formula is C20H21F3N4O3. The average Bonchev–Trinajstić information content (AvgIpc) is 2.73. The second kappa shape index (κ2) is 9.47. The van der Waals surface area contributed by atoms with E-state index in [-0.39, 0.29) is 24.4 Å². The highest BCUT2D eigenvalue weighted by atomic mass is 19.4. The fourth-order valence-corrected chi connectivity index (χ4v) is 3.04. The summed E-state index contributed by atoms with van der Waals surface area (Å²) < 4.78 is 41.0. The molecule has 10 heteroatoms. The van der Waals surface area contributed by atoms with Crippen LogP contribution in [0, 0.1) is 5.92 Å². The summed E-state index contributed by atoms with van der Waals surface area (Å²) in [4.78, 5) is 30.4. The number of aromatic nitrogens is 1. The van der Waals surface area contributed by atoms with Gasteiger partial charge in [0.05, 0.1) is 17.8 Å². The predicted octanol–water partition coefficient (Wildman–Crippen LogP) is 3.91. The number of urea groups is 1. The molecular weight excluding hydrogens is 401 g/mol. The second-order valence-corrected chi connectivity index (χ2v) is 6.86. The van der Waals surface area contributed by atoms with Gasteiger partial charge in [0.2, 0.25) is 11.8 Å². The maximum Gasteiger partial charge on any atom is 0.422 e. The summed E-state index contributed by atoms with van der Waals surface area (Å²) in [5, 5.41) is 5.48. The quantitative estimate of drug-likeness (QED) is 0.766. The van der Waals surface area contributed by atoms with E-state index in [0.29, 0.717) is 30.8 Å². The molecule has 1 atom stereocenters. The number of anilines is 2. The normalized spacial score (nSPS) is 16.6. The third kappa shape index (κ3) is 6.36. The molecule has 3 rings (SSSR count). The first-order chi connectivity index (χ1) is 14.3. The summed E-state index contributed by atoms with van der Waals surface area (Å²) in [6.45, 7) is -0.616. The topological polar surface area (TPSA) is 83.6 Å². The van der Waals surface area contributed by atoms with Crippen LogP contribution in [0.4, 0.5) is 29.3 Å². The van der Waals surface area contributed by atoms with Crippen molar-refractivity contribution < 1.29 is 27.5 Å². The summed E-state index contributed by atoms with van der Waals surface area (Å²) >= 11 is 0. The van der Waals surface area contributed by atoms with Crippen molar-refractivity contribution in [3.8, 4) is 5.88 Å². The first kappa shape index (κ1) is 21.4. The molecule has 30 heavy (non-hydrogen) atoms. The van der Waals surface area contributed by atoms with Crippen LogP contribution in [0.2, 0.25) is 0 Å². The summed E-state index contributed by atoms with van der Waals surface area (Å²) in [5.74, 6) is -0.869. The van der Waals surface area contributed by atoms with Crippen molar-refractivity contribution >= 4 is 23.3 Å². The Morgan fingerprint density at radius 1 is 1.10 bits per heavy atom. The van der Waals surface area contributed by atoms with Gasteiger partial charge in [0, 0.05) is 24.8 Å². The summed E-state index contributed by atoms with van der Waals surface area (Å²) in [6.07, 6.45) is -1.91. The lowest BCUT2D eigenvalue weighted by Gasteiger charge is -2.32. The Morgan fingerprint density at radius 2 is 1.87 bits per heavy atom. The molecule has 1 aromatic carbocycles. The van der Waals surface area contributed by atoms with Crippen LogP contribution in [0.1, 0.15) is 12.8 Å². The van der Waals surface area contributed by atoms with Crippen LogP contribution in [0.3, 0.4) is 0 Å². The zero-order valence-electron chi connectivity index (χ0n) is 16.0. The van der Waals surface area contributed by atoms with E-state index in [2.05, 4.69) is 20.4 Å². The molecule has 7 nitrogen and oxygen atoms in total. The van der Waals surface area contributed by atoms with Crippen molar-refractivity contribution in [2.45, 2.75) is 19.0 Å². The van der Waals surface area contributed by atoms with Crippen LogP contribution in [0.25, 0.3) is 0 Å². The molecule has 0 saturated carbocycles. The molecule has 160 valence electrons. The zero-order valence-corrected chi connectivity index (χ0v) is 16.0. The zero-order chi connectivity index (χ0) is 21.6. The predicted molar refractivity (Wildman–Crippen MR) is 104 cm³/mol. The van der Waals surface area contributed by atoms with Crippen molar-refractivity contribution in [1.29, 1.82) is 0 Å². The molecule has 0 radical (unpaired) electrons. The van der Waals surface area contributed by atoms with Crippen LogP contribution >= 0.6 is 0 Å². The Balaban J connectivity index is 1.52. The number of hydrogen-bond donors (Lipinski definition) is 2. The molecule has 1 aliphatic rings. The van der Waals surface area contributed by atoms with Gasteiger partial charge >= 0.3 is 12.2 Å². The number of rotatable bonds is 5. The fraction of sp³-hybridized carbons (Fsp3) is 0.350. The van der Waals surface area contributed by atoms with E-state index in [1.165, 1.54) is 18.3 Å². The van der Waals surface area contributed by atoms with Crippen LogP contribution < -0.4 is 15.4 Å². The average molecular weight is 422 g/mol. The number of halogens is 3. The first-order valence-electron chi connectivity index (χ1n) is 9.37.